The Morgan fingerprint density at radius 1 is 1.47 bits per heavy atom. The Bertz CT molecular complexity index is 458. The molecule has 0 aromatic carbocycles. The molecular formula is C14H21N3O2. The third-order valence-electron chi connectivity index (χ3n) is 3.68. The summed E-state index contributed by atoms with van der Waals surface area (Å²) in [7, 11) is 0. The van der Waals surface area contributed by atoms with Gasteiger partial charge < -0.3 is 10.0 Å². The summed E-state index contributed by atoms with van der Waals surface area (Å²) in [6.45, 7) is 4.20. The molecule has 0 aliphatic heterocycles. The maximum atomic E-state index is 12.6. The van der Waals surface area contributed by atoms with Crippen molar-refractivity contribution < 1.29 is 9.90 Å². The highest BCUT2D eigenvalue weighted by molar-refractivity contribution is 5.95. The molecule has 1 fully saturated rings. The van der Waals surface area contributed by atoms with Crippen LogP contribution in [0.2, 0.25) is 0 Å². The van der Waals surface area contributed by atoms with Gasteiger partial charge in [0.25, 0.3) is 5.91 Å². The molecule has 0 unspecified atom stereocenters. The van der Waals surface area contributed by atoms with Crippen LogP contribution in [0.4, 0.5) is 0 Å². The first-order valence-corrected chi connectivity index (χ1v) is 6.92. The predicted octanol–water partition coefficient (Wildman–Crippen LogP) is 1.33. The Hall–Kier alpha value is -1.49. The molecule has 1 aliphatic rings. The zero-order valence-electron chi connectivity index (χ0n) is 11.6. The van der Waals surface area contributed by atoms with Crippen LogP contribution >= 0.6 is 0 Å². The first-order chi connectivity index (χ1) is 9.17. The molecule has 5 heteroatoms. The van der Waals surface area contributed by atoms with Gasteiger partial charge in [-0.2, -0.15) is 10.2 Å². The van der Waals surface area contributed by atoms with Crippen molar-refractivity contribution in [3.63, 3.8) is 0 Å². The minimum absolute atomic E-state index is 0.00118. The summed E-state index contributed by atoms with van der Waals surface area (Å²) < 4.78 is 0. The van der Waals surface area contributed by atoms with E-state index < -0.39 is 0 Å². The molecular weight excluding hydrogens is 242 g/mol. The van der Waals surface area contributed by atoms with E-state index in [0.717, 1.165) is 30.7 Å². The molecule has 19 heavy (non-hydrogen) atoms. The molecule has 5 nitrogen and oxygen atoms in total. The number of hydrogen-bond acceptors (Lipinski definition) is 4. The second-order valence-corrected chi connectivity index (χ2v) is 5.01. The largest absolute Gasteiger partial charge is 0.395 e. The van der Waals surface area contributed by atoms with Crippen LogP contribution in [-0.2, 0) is 6.42 Å². The molecule has 1 aromatic heterocycles. The number of aliphatic hydroxyl groups excluding tert-OH is 1. The van der Waals surface area contributed by atoms with E-state index in [-0.39, 0.29) is 18.6 Å². The third-order valence-corrected chi connectivity index (χ3v) is 3.68. The molecule has 0 atom stereocenters. The van der Waals surface area contributed by atoms with E-state index in [1.165, 1.54) is 0 Å². The van der Waals surface area contributed by atoms with Crippen LogP contribution in [0.1, 0.15) is 47.9 Å². The Balaban J connectivity index is 2.27. The number of aromatic nitrogens is 2. The monoisotopic (exact) mass is 263 g/mol. The molecule has 1 aromatic rings. The minimum atomic E-state index is -0.0198. The van der Waals surface area contributed by atoms with Crippen LogP contribution in [0.15, 0.2) is 6.07 Å². The summed E-state index contributed by atoms with van der Waals surface area (Å²) in [5.74, 6) is -0.0198. The van der Waals surface area contributed by atoms with E-state index in [0.29, 0.717) is 18.5 Å². The van der Waals surface area contributed by atoms with Crippen molar-refractivity contribution >= 4 is 5.91 Å². The van der Waals surface area contributed by atoms with Crippen LogP contribution in [0.5, 0.6) is 0 Å². The zero-order valence-corrected chi connectivity index (χ0v) is 11.6. The van der Waals surface area contributed by atoms with E-state index in [1.807, 2.05) is 13.8 Å². The van der Waals surface area contributed by atoms with Crippen LogP contribution < -0.4 is 0 Å². The maximum absolute atomic E-state index is 12.6. The van der Waals surface area contributed by atoms with Gasteiger partial charge in [0, 0.05) is 12.6 Å². The van der Waals surface area contributed by atoms with Gasteiger partial charge in [0.2, 0.25) is 0 Å². The molecule has 104 valence electrons. The maximum Gasteiger partial charge on any atom is 0.256 e. The molecule has 2 rings (SSSR count). The normalized spacial score (nSPS) is 15.1. The summed E-state index contributed by atoms with van der Waals surface area (Å²) in [6.07, 6.45) is 3.91. The number of carbonyl (C=O) groups is 1. The summed E-state index contributed by atoms with van der Waals surface area (Å²) in [5, 5.41) is 17.3. The number of aryl methyl sites for hydroxylation is 2. The van der Waals surface area contributed by atoms with Gasteiger partial charge >= 0.3 is 0 Å². The lowest BCUT2D eigenvalue weighted by Crippen LogP contribution is -2.46. The highest BCUT2D eigenvalue weighted by Crippen LogP contribution is 2.26. The fourth-order valence-electron chi connectivity index (χ4n) is 2.37. The molecule has 0 radical (unpaired) electrons. The lowest BCUT2D eigenvalue weighted by atomic mass is 9.91. The number of carbonyl (C=O) groups excluding carboxylic acids is 1. The molecule has 0 saturated heterocycles. The second-order valence-electron chi connectivity index (χ2n) is 5.01. The number of hydrogen-bond donors (Lipinski definition) is 1. The first kappa shape index (κ1) is 13.9. The lowest BCUT2D eigenvalue weighted by Gasteiger charge is -2.37. The Morgan fingerprint density at radius 2 is 2.21 bits per heavy atom. The lowest BCUT2D eigenvalue weighted by molar-refractivity contribution is 0.0524. The van der Waals surface area contributed by atoms with Crippen molar-refractivity contribution in [1.82, 2.24) is 15.1 Å². The quantitative estimate of drug-likeness (QED) is 0.870. The molecule has 0 spiro atoms. The smallest absolute Gasteiger partial charge is 0.256 e. The Labute approximate surface area is 113 Å². The molecule has 1 N–H and O–H groups in total. The highest BCUT2D eigenvalue weighted by atomic mass is 16.3. The van der Waals surface area contributed by atoms with Crippen molar-refractivity contribution in [3.8, 4) is 0 Å². The van der Waals surface area contributed by atoms with Gasteiger partial charge in [-0.25, -0.2) is 0 Å². The Kier molecular flexibility index (Phi) is 4.47. The van der Waals surface area contributed by atoms with E-state index >= 15 is 0 Å². The average Bonchev–Trinajstić information content (AvgIpc) is 2.35. The summed E-state index contributed by atoms with van der Waals surface area (Å²) in [4.78, 5) is 14.4. The third kappa shape index (κ3) is 2.92. The van der Waals surface area contributed by atoms with Gasteiger partial charge in [0.1, 0.15) is 0 Å². The first-order valence-electron chi connectivity index (χ1n) is 6.92. The zero-order chi connectivity index (χ0) is 13.8. The van der Waals surface area contributed by atoms with E-state index in [2.05, 4.69) is 10.2 Å². The summed E-state index contributed by atoms with van der Waals surface area (Å²) >= 11 is 0. The van der Waals surface area contributed by atoms with Crippen LogP contribution in [-0.4, -0.2) is 45.3 Å². The number of rotatable bonds is 5. The van der Waals surface area contributed by atoms with Crippen LogP contribution in [0.3, 0.4) is 0 Å². The molecule has 1 heterocycles. The van der Waals surface area contributed by atoms with Gasteiger partial charge in [-0.05, 0) is 38.7 Å². The molecule has 1 saturated carbocycles. The van der Waals surface area contributed by atoms with Crippen molar-refractivity contribution in [2.24, 2.45) is 0 Å². The predicted molar refractivity (Wildman–Crippen MR) is 71.9 cm³/mol. The van der Waals surface area contributed by atoms with E-state index in [9.17, 15) is 4.79 Å². The van der Waals surface area contributed by atoms with Gasteiger partial charge in [-0.3, -0.25) is 4.79 Å². The summed E-state index contributed by atoms with van der Waals surface area (Å²) in [6, 6.07) is 2.08. The summed E-state index contributed by atoms with van der Waals surface area (Å²) in [5.41, 5.74) is 2.12. The fourth-order valence-corrected chi connectivity index (χ4v) is 2.37. The number of nitrogens with zero attached hydrogens (tertiary/aromatic N) is 3. The Morgan fingerprint density at radius 3 is 2.74 bits per heavy atom. The average molecular weight is 263 g/mol. The van der Waals surface area contributed by atoms with E-state index in [4.69, 9.17) is 5.11 Å². The molecule has 1 amide bonds. The second kappa shape index (κ2) is 6.10. The minimum Gasteiger partial charge on any atom is -0.395 e. The van der Waals surface area contributed by atoms with Gasteiger partial charge in [-0.1, -0.05) is 6.92 Å². The van der Waals surface area contributed by atoms with Gasteiger partial charge in [0.05, 0.1) is 23.6 Å². The van der Waals surface area contributed by atoms with Crippen molar-refractivity contribution in [2.75, 3.05) is 13.2 Å². The van der Waals surface area contributed by atoms with Crippen molar-refractivity contribution in [2.45, 2.75) is 45.6 Å². The van der Waals surface area contributed by atoms with Crippen LogP contribution in [0.25, 0.3) is 0 Å². The SMILES string of the molecule is CCc1nnc(C)cc1C(=O)N(CCO)C1CCC1. The van der Waals surface area contributed by atoms with Crippen LogP contribution in [0, 0.1) is 6.92 Å². The number of amides is 1. The van der Waals surface area contributed by atoms with Gasteiger partial charge in [0.15, 0.2) is 0 Å². The molecule has 1 aliphatic carbocycles. The highest BCUT2D eigenvalue weighted by Gasteiger charge is 2.30. The standard InChI is InChI=1S/C14H21N3O2/c1-3-13-12(9-10(2)15-16-13)14(19)17(7-8-18)11-5-4-6-11/h9,11,18H,3-8H2,1-2H3. The number of aliphatic hydroxyl groups is 1. The van der Waals surface area contributed by atoms with Gasteiger partial charge in [-0.15, -0.1) is 0 Å². The van der Waals surface area contributed by atoms with E-state index in [1.54, 1.807) is 11.0 Å². The van der Waals surface area contributed by atoms with Crippen molar-refractivity contribution in [1.29, 1.82) is 0 Å². The van der Waals surface area contributed by atoms with Crippen molar-refractivity contribution in [3.05, 3.63) is 23.0 Å². The molecule has 0 bridgehead atoms. The fraction of sp³-hybridized carbons (Fsp3) is 0.643. The topological polar surface area (TPSA) is 66.3 Å².